The van der Waals surface area contributed by atoms with Crippen LogP contribution in [0.15, 0.2) is 85.5 Å². The van der Waals surface area contributed by atoms with Crippen molar-refractivity contribution in [3.8, 4) is 34.6 Å². The minimum Gasteiger partial charge on any atom is -0.496 e. The minimum absolute atomic E-state index is 0.254. The van der Waals surface area contributed by atoms with Gasteiger partial charge in [-0.2, -0.15) is 5.10 Å². The number of rotatable bonds is 4. The van der Waals surface area contributed by atoms with Crippen LogP contribution >= 0.6 is 0 Å². The molecule has 9 heteroatoms. The van der Waals surface area contributed by atoms with Gasteiger partial charge in [-0.15, -0.1) is 5.10 Å². The molecule has 0 saturated carbocycles. The summed E-state index contributed by atoms with van der Waals surface area (Å²) in [5.41, 5.74) is 5.95. The van der Waals surface area contributed by atoms with E-state index in [4.69, 9.17) is 24.7 Å². The van der Waals surface area contributed by atoms with Gasteiger partial charge in [0.25, 0.3) is 0 Å². The fourth-order valence-electron chi connectivity index (χ4n) is 4.95. The summed E-state index contributed by atoms with van der Waals surface area (Å²) >= 11 is 0. The highest BCUT2D eigenvalue weighted by molar-refractivity contribution is 5.70. The molecule has 0 bridgehead atoms. The molecule has 1 aliphatic heterocycles. The molecule has 0 radical (unpaired) electrons. The number of nitrogens with zero attached hydrogens (tertiary/aromatic N) is 7. The van der Waals surface area contributed by atoms with Gasteiger partial charge in [-0.3, -0.25) is 4.98 Å². The van der Waals surface area contributed by atoms with Crippen molar-refractivity contribution in [2.45, 2.75) is 12.8 Å². The Balaban J connectivity index is 1.49. The lowest BCUT2D eigenvalue weighted by Gasteiger charge is -2.26. The molecule has 1 atom stereocenters. The van der Waals surface area contributed by atoms with Crippen LogP contribution in [0.5, 0.6) is 17.5 Å². The summed E-state index contributed by atoms with van der Waals surface area (Å²) in [6.45, 7) is 1.99. The van der Waals surface area contributed by atoms with Gasteiger partial charge in [-0.1, -0.05) is 36.4 Å². The van der Waals surface area contributed by atoms with Crippen molar-refractivity contribution >= 4 is 5.65 Å². The van der Waals surface area contributed by atoms with Crippen molar-refractivity contribution in [1.82, 2.24) is 34.3 Å². The molecule has 0 N–H and O–H groups in total. The number of fused-ring (bicyclic) bond motifs is 4. The van der Waals surface area contributed by atoms with Crippen molar-refractivity contribution in [3.05, 3.63) is 108 Å². The van der Waals surface area contributed by atoms with Gasteiger partial charge in [0.1, 0.15) is 12.1 Å². The van der Waals surface area contributed by atoms with E-state index in [1.54, 1.807) is 24.1 Å². The first kappa shape index (κ1) is 21.3. The van der Waals surface area contributed by atoms with Crippen LogP contribution in [0, 0.1) is 6.92 Å². The van der Waals surface area contributed by atoms with Crippen molar-refractivity contribution in [1.29, 1.82) is 0 Å². The van der Waals surface area contributed by atoms with Crippen LogP contribution < -0.4 is 9.47 Å². The predicted octanol–water partition coefficient (Wildman–Crippen LogP) is 4.97. The van der Waals surface area contributed by atoms with Gasteiger partial charge in [0, 0.05) is 12.4 Å². The molecular formula is C28H21N7O2. The summed E-state index contributed by atoms with van der Waals surface area (Å²) in [7, 11) is 1.64. The van der Waals surface area contributed by atoms with E-state index in [9.17, 15) is 0 Å². The van der Waals surface area contributed by atoms with E-state index in [1.807, 2.05) is 78.5 Å². The highest BCUT2D eigenvalue weighted by atomic mass is 16.5. The molecule has 37 heavy (non-hydrogen) atoms. The smallest absolute Gasteiger partial charge is 0.230 e. The van der Waals surface area contributed by atoms with Gasteiger partial charge in [-0.25, -0.2) is 19.2 Å². The van der Waals surface area contributed by atoms with E-state index < -0.39 is 0 Å². The van der Waals surface area contributed by atoms with Crippen LogP contribution in [0.2, 0.25) is 0 Å². The zero-order valence-corrected chi connectivity index (χ0v) is 20.1. The van der Waals surface area contributed by atoms with Gasteiger partial charge in [0.15, 0.2) is 11.5 Å². The number of benzene rings is 2. The molecule has 0 saturated heterocycles. The Kier molecular flexibility index (Phi) is 4.75. The highest BCUT2D eigenvalue weighted by Gasteiger charge is 2.38. The molecule has 7 rings (SSSR count). The van der Waals surface area contributed by atoms with Gasteiger partial charge in [0.2, 0.25) is 11.8 Å². The van der Waals surface area contributed by atoms with E-state index >= 15 is 0 Å². The number of para-hydroxylation sites is 2. The van der Waals surface area contributed by atoms with Gasteiger partial charge in [0.05, 0.1) is 41.1 Å². The summed E-state index contributed by atoms with van der Waals surface area (Å²) in [4.78, 5) is 14.0. The maximum absolute atomic E-state index is 6.47. The molecule has 180 valence electrons. The average molecular weight is 488 g/mol. The fourth-order valence-corrected chi connectivity index (χ4v) is 4.95. The Morgan fingerprint density at radius 2 is 1.76 bits per heavy atom. The molecule has 9 nitrogen and oxygen atoms in total. The maximum Gasteiger partial charge on any atom is 0.230 e. The molecule has 0 spiro atoms. The molecule has 0 amide bonds. The lowest BCUT2D eigenvalue weighted by molar-refractivity contribution is 0.402. The zero-order valence-electron chi connectivity index (χ0n) is 20.1. The number of hydrogen-bond acceptors (Lipinski definition) is 7. The van der Waals surface area contributed by atoms with Crippen molar-refractivity contribution < 1.29 is 9.47 Å². The molecular weight excluding hydrogens is 466 g/mol. The lowest BCUT2D eigenvalue weighted by atomic mass is 9.85. The van der Waals surface area contributed by atoms with Crippen molar-refractivity contribution in [2.75, 3.05) is 7.11 Å². The molecule has 2 aromatic carbocycles. The summed E-state index contributed by atoms with van der Waals surface area (Å²) in [6, 6.07) is 21.6. The molecule has 5 heterocycles. The monoisotopic (exact) mass is 487 g/mol. The third-order valence-electron chi connectivity index (χ3n) is 6.59. The summed E-state index contributed by atoms with van der Waals surface area (Å²) in [6.07, 6.45) is 5.26. The molecule has 1 unspecified atom stereocenters. The Bertz CT molecular complexity index is 1760. The summed E-state index contributed by atoms with van der Waals surface area (Å²) < 4.78 is 15.5. The number of hydrogen-bond donors (Lipinski definition) is 0. The molecule has 4 aromatic heterocycles. The maximum atomic E-state index is 6.47. The van der Waals surface area contributed by atoms with Crippen molar-refractivity contribution in [2.24, 2.45) is 0 Å². The fraction of sp³-hybridized carbons (Fsp3) is 0.107. The van der Waals surface area contributed by atoms with Crippen LogP contribution in [0.1, 0.15) is 28.3 Å². The minimum atomic E-state index is -0.254. The largest absolute Gasteiger partial charge is 0.496 e. The molecule has 0 aliphatic carbocycles. The Labute approximate surface area is 212 Å². The van der Waals surface area contributed by atoms with Crippen molar-refractivity contribution in [3.63, 3.8) is 0 Å². The average Bonchev–Trinajstić information content (AvgIpc) is 3.54. The first-order valence-corrected chi connectivity index (χ1v) is 11.8. The standard InChI is InChI=1S/C28H21N7O2/c1-17-22-23(18-9-8-14-29-15-18)24-26-31-25(20-12-6-7-13-21(20)36-2)33-34(26)16-30-27(24)37-28(22)35(32-17)19-10-4-3-5-11-19/h3-16,23H,1-2H3. The normalized spacial score (nSPS) is 14.2. The van der Waals surface area contributed by atoms with Gasteiger partial charge >= 0.3 is 0 Å². The number of ether oxygens (including phenoxy) is 2. The predicted molar refractivity (Wildman–Crippen MR) is 136 cm³/mol. The third-order valence-corrected chi connectivity index (χ3v) is 6.59. The number of aryl methyl sites for hydroxylation is 1. The number of pyridine rings is 1. The first-order chi connectivity index (χ1) is 18.2. The SMILES string of the molecule is COc1ccccc1-c1nc2c3c(ncn2n1)Oc1c(c(C)nn1-c1ccccc1)C3c1cccnc1. The topological polar surface area (TPSA) is 92.3 Å². The quantitative estimate of drug-likeness (QED) is 0.346. The van der Waals surface area contributed by atoms with E-state index in [1.165, 1.54) is 0 Å². The van der Waals surface area contributed by atoms with Gasteiger partial charge < -0.3 is 9.47 Å². The van der Waals surface area contributed by atoms with E-state index in [0.29, 0.717) is 29.0 Å². The summed E-state index contributed by atoms with van der Waals surface area (Å²) in [5, 5.41) is 9.59. The second-order valence-corrected chi connectivity index (χ2v) is 8.74. The Morgan fingerprint density at radius 1 is 0.919 bits per heavy atom. The Hall–Kier alpha value is -5.05. The van der Waals surface area contributed by atoms with Crippen LogP contribution in [0.4, 0.5) is 0 Å². The first-order valence-electron chi connectivity index (χ1n) is 11.8. The van der Waals surface area contributed by atoms with E-state index in [-0.39, 0.29) is 5.92 Å². The second kappa shape index (κ2) is 8.27. The van der Waals surface area contributed by atoms with Crippen LogP contribution in [-0.4, -0.2) is 41.5 Å². The lowest BCUT2D eigenvalue weighted by Crippen LogP contribution is -2.16. The highest BCUT2D eigenvalue weighted by Crippen LogP contribution is 2.49. The molecule has 6 aromatic rings. The van der Waals surface area contributed by atoms with Crippen LogP contribution in [0.25, 0.3) is 22.7 Å². The van der Waals surface area contributed by atoms with Crippen LogP contribution in [0.3, 0.4) is 0 Å². The second-order valence-electron chi connectivity index (χ2n) is 8.74. The van der Waals surface area contributed by atoms with Gasteiger partial charge in [-0.05, 0) is 42.8 Å². The number of methoxy groups -OCH3 is 1. The number of aromatic nitrogens is 7. The molecule has 1 aliphatic rings. The zero-order chi connectivity index (χ0) is 24.9. The van der Waals surface area contributed by atoms with E-state index in [0.717, 1.165) is 33.6 Å². The Morgan fingerprint density at radius 3 is 2.57 bits per heavy atom. The van der Waals surface area contributed by atoms with E-state index in [2.05, 4.69) is 16.0 Å². The third kappa shape index (κ3) is 3.28. The van der Waals surface area contributed by atoms with Crippen LogP contribution in [-0.2, 0) is 0 Å². The summed E-state index contributed by atoms with van der Waals surface area (Å²) in [5.74, 6) is 2.08. The molecule has 0 fully saturated rings.